The van der Waals surface area contributed by atoms with E-state index in [1.807, 2.05) is 0 Å². The van der Waals surface area contributed by atoms with Gasteiger partial charge in [0, 0.05) is 0 Å². The third kappa shape index (κ3) is 2.39. The Kier molecular flexibility index (Phi) is 3.00. The average Bonchev–Trinajstić information content (AvgIpc) is 2.26. The van der Waals surface area contributed by atoms with Crippen molar-refractivity contribution < 1.29 is 13.2 Å². The van der Waals surface area contributed by atoms with Crippen LogP contribution in [0.2, 0.25) is 10.2 Å². The van der Waals surface area contributed by atoms with Gasteiger partial charge in [0.2, 0.25) is 0 Å². The van der Waals surface area contributed by atoms with E-state index in [0.29, 0.717) is 0 Å². The maximum absolute atomic E-state index is 12.4. The summed E-state index contributed by atoms with van der Waals surface area (Å²) in [6, 6.07) is 0. The van der Waals surface area contributed by atoms with Crippen LogP contribution in [-0.4, -0.2) is 9.78 Å². The lowest BCUT2D eigenvalue weighted by molar-refractivity contribution is -0.141. The first-order valence-corrected chi connectivity index (χ1v) is 4.82. The molecule has 2 nitrogen and oxygen atoms in total. The van der Waals surface area contributed by atoms with E-state index < -0.39 is 22.4 Å². The van der Waals surface area contributed by atoms with Gasteiger partial charge in [0.25, 0.3) is 0 Å². The molecule has 86 valence electrons. The average molecular weight is 261 g/mol. The van der Waals surface area contributed by atoms with Gasteiger partial charge in [-0.05, 0) is 20.8 Å². The second-order valence-corrected chi connectivity index (χ2v) is 4.77. The number of alkyl halides is 3. The van der Waals surface area contributed by atoms with Crippen LogP contribution in [0.25, 0.3) is 0 Å². The Bertz CT molecular complexity index is 342. The van der Waals surface area contributed by atoms with Crippen LogP contribution in [0.1, 0.15) is 26.5 Å². The van der Waals surface area contributed by atoms with Crippen molar-refractivity contribution in [1.82, 2.24) is 9.78 Å². The number of halogens is 5. The van der Waals surface area contributed by atoms with Crippen LogP contribution in [0.4, 0.5) is 13.2 Å². The molecule has 0 radical (unpaired) electrons. The van der Waals surface area contributed by atoms with E-state index in [4.69, 9.17) is 23.2 Å². The summed E-state index contributed by atoms with van der Waals surface area (Å²) in [6.07, 6.45) is -4.59. The topological polar surface area (TPSA) is 17.8 Å². The maximum Gasteiger partial charge on any atom is 0.436 e. The molecule has 0 aliphatic carbocycles. The Morgan fingerprint density at radius 2 is 1.60 bits per heavy atom. The Hall–Kier alpha value is -0.420. The van der Waals surface area contributed by atoms with Crippen molar-refractivity contribution in [2.75, 3.05) is 0 Å². The molecule has 0 N–H and O–H groups in total. The first-order valence-electron chi connectivity index (χ1n) is 4.07. The van der Waals surface area contributed by atoms with Crippen LogP contribution < -0.4 is 0 Å². The summed E-state index contributed by atoms with van der Waals surface area (Å²) in [6.45, 7) is 5.05. The number of hydrogen-bond acceptors (Lipinski definition) is 1. The van der Waals surface area contributed by atoms with Gasteiger partial charge in [-0.25, -0.2) is 4.68 Å². The normalized spacial score (nSPS) is 13.3. The third-order valence-corrected chi connectivity index (χ3v) is 2.48. The number of aromatic nitrogens is 2. The summed E-state index contributed by atoms with van der Waals surface area (Å²) in [4.78, 5) is 0. The van der Waals surface area contributed by atoms with Crippen molar-refractivity contribution >= 4 is 23.2 Å². The minimum Gasteiger partial charge on any atom is -0.247 e. The second-order valence-electron chi connectivity index (χ2n) is 4.03. The molecular formula is C8H9Cl2F3N2. The highest BCUT2D eigenvalue weighted by Gasteiger charge is 2.39. The Labute approximate surface area is 95.0 Å². The van der Waals surface area contributed by atoms with Crippen LogP contribution >= 0.6 is 23.2 Å². The van der Waals surface area contributed by atoms with E-state index in [1.54, 1.807) is 20.8 Å². The minimum atomic E-state index is -4.59. The highest BCUT2D eigenvalue weighted by Crippen LogP contribution is 2.39. The molecule has 0 unspecified atom stereocenters. The summed E-state index contributed by atoms with van der Waals surface area (Å²) in [7, 11) is 0. The fraction of sp³-hybridized carbons (Fsp3) is 0.625. The van der Waals surface area contributed by atoms with Crippen molar-refractivity contribution in [2.45, 2.75) is 32.5 Å². The molecule has 7 heteroatoms. The molecule has 1 rings (SSSR count). The number of rotatable bonds is 0. The summed E-state index contributed by atoms with van der Waals surface area (Å²) < 4.78 is 38.3. The van der Waals surface area contributed by atoms with E-state index in [-0.39, 0.29) is 5.15 Å². The van der Waals surface area contributed by atoms with E-state index in [0.717, 1.165) is 4.68 Å². The first-order chi connectivity index (χ1) is 6.55. The van der Waals surface area contributed by atoms with Gasteiger partial charge in [0.15, 0.2) is 5.69 Å². The van der Waals surface area contributed by atoms with Crippen LogP contribution in [0.15, 0.2) is 0 Å². The van der Waals surface area contributed by atoms with Gasteiger partial charge in [-0.15, -0.1) is 0 Å². The lowest BCUT2D eigenvalue weighted by Crippen LogP contribution is -2.24. The van der Waals surface area contributed by atoms with E-state index in [9.17, 15) is 13.2 Å². The Morgan fingerprint density at radius 3 is 1.80 bits per heavy atom. The second kappa shape index (κ2) is 3.56. The SMILES string of the molecule is CC(C)(C)n1nc(C(F)(F)F)c(Cl)c1Cl. The molecule has 0 saturated heterocycles. The molecule has 0 aliphatic heterocycles. The molecule has 0 spiro atoms. The summed E-state index contributed by atoms with van der Waals surface area (Å²) in [5.74, 6) is 0. The highest BCUT2D eigenvalue weighted by atomic mass is 35.5. The van der Waals surface area contributed by atoms with Gasteiger partial charge in [0.1, 0.15) is 10.2 Å². The van der Waals surface area contributed by atoms with Gasteiger partial charge in [0.05, 0.1) is 5.54 Å². The zero-order valence-corrected chi connectivity index (χ0v) is 9.80. The van der Waals surface area contributed by atoms with Gasteiger partial charge in [-0.1, -0.05) is 23.2 Å². The molecule has 0 amide bonds. The van der Waals surface area contributed by atoms with E-state index in [1.165, 1.54) is 0 Å². The van der Waals surface area contributed by atoms with Gasteiger partial charge in [-0.2, -0.15) is 18.3 Å². The smallest absolute Gasteiger partial charge is 0.247 e. The predicted molar refractivity (Wildman–Crippen MR) is 52.2 cm³/mol. The highest BCUT2D eigenvalue weighted by molar-refractivity contribution is 6.41. The lowest BCUT2D eigenvalue weighted by atomic mass is 10.1. The summed E-state index contributed by atoms with van der Waals surface area (Å²) >= 11 is 11.1. The van der Waals surface area contributed by atoms with Crippen molar-refractivity contribution in [3.63, 3.8) is 0 Å². The number of hydrogen-bond donors (Lipinski definition) is 0. The first kappa shape index (κ1) is 12.6. The number of nitrogens with zero attached hydrogens (tertiary/aromatic N) is 2. The minimum absolute atomic E-state index is 0.198. The monoisotopic (exact) mass is 260 g/mol. The van der Waals surface area contributed by atoms with Crippen LogP contribution in [0, 0.1) is 0 Å². The molecule has 0 aromatic carbocycles. The van der Waals surface area contributed by atoms with Gasteiger partial charge >= 0.3 is 6.18 Å². The molecule has 1 aromatic rings. The van der Waals surface area contributed by atoms with Crippen molar-refractivity contribution in [3.05, 3.63) is 15.9 Å². The van der Waals surface area contributed by atoms with E-state index in [2.05, 4.69) is 5.10 Å². The van der Waals surface area contributed by atoms with Gasteiger partial charge < -0.3 is 0 Å². The van der Waals surface area contributed by atoms with Gasteiger partial charge in [-0.3, -0.25) is 0 Å². The van der Waals surface area contributed by atoms with Crippen LogP contribution in [-0.2, 0) is 11.7 Å². The van der Waals surface area contributed by atoms with Crippen LogP contribution in [0.3, 0.4) is 0 Å². The molecule has 0 saturated carbocycles. The van der Waals surface area contributed by atoms with Crippen molar-refractivity contribution in [1.29, 1.82) is 0 Å². The van der Waals surface area contributed by atoms with Crippen molar-refractivity contribution in [2.24, 2.45) is 0 Å². The summed E-state index contributed by atoms with van der Waals surface area (Å²) in [5, 5.41) is 2.63. The Balaban J connectivity index is 3.38. The maximum atomic E-state index is 12.4. The fourth-order valence-corrected chi connectivity index (χ4v) is 1.61. The molecule has 0 atom stereocenters. The fourth-order valence-electron chi connectivity index (χ4n) is 1.00. The lowest BCUT2D eigenvalue weighted by Gasteiger charge is -2.20. The standard InChI is InChI=1S/C8H9Cl2F3N2/c1-7(2,3)15-6(10)4(9)5(14-15)8(11,12)13/h1-3H3. The molecule has 1 aromatic heterocycles. The molecular weight excluding hydrogens is 252 g/mol. The zero-order chi connectivity index (χ0) is 12.0. The zero-order valence-electron chi connectivity index (χ0n) is 8.28. The van der Waals surface area contributed by atoms with Crippen molar-refractivity contribution in [3.8, 4) is 0 Å². The van der Waals surface area contributed by atoms with Crippen LogP contribution in [0.5, 0.6) is 0 Å². The molecule has 15 heavy (non-hydrogen) atoms. The molecule has 0 aliphatic rings. The third-order valence-electron chi connectivity index (χ3n) is 1.68. The molecule has 1 heterocycles. The quantitative estimate of drug-likeness (QED) is 0.691. The largest absolute Gasteiger partial charge is 0.436 e. The molecule has 0 fully saturated rings. The summed E-state index contributed by atoms with van der Waals surface area (Å²) in [5.41, 5.74) is -1.80. The molecule has 0 bridgehead atoms. The van der Waals surface area contributed by atoms with E-state index >= 15 is 0 Å². The Morgan fingerprint density at radius 1 is 1.13 bits per heavy atom. The predicted octanol–water partition coefficient (Wildman–Crippen LogP) is 3.96.